The first-order chi connectivity index (χ1) is 11.4. The lowest BCUT2D eigenvalue weighted by Gasteiger charge is -2.23. The maximum Gasteiger partial charge on any atom is 0.269 e. The first kappa shape index (κ1) is 15.5. The van der Waals surface area contributed by atoms with Crippen molar-refractivity contribution in [1.29, 1.82) is 0 Å². The summed E-state index contributed by atoms with van der Waals surface area (Å²) < 4.78 is 5.44. The van der Waals surface area contributed by atoms with E-state index in [-0.39, 0.29) is 17.2 Å². The van der Waals surface area contributed by atoms with Gasteiger partial charge in [0.15, 0.2) is 6.10 Å². The van der Waals surface area contributed by atoms with Gasteiger partial charge in [-0.3, -0.25) is 19.7 Å². The van der Waals surface area contributed by atoms with Crippen molar-refractivity contribution in [1.82, 2.24) is 0 Å². The van der Waals surface area contributed by atoms with Gasteiger partial charge in [-0.2, -0.15) is 0 Å². The van der Waals surface area contributed by atoms with Crippen molar-refractivity contribution in [3.8, 4) is 5.75 Å². The molecule has 2 aromatic carbocycles. The highest BCUT2D eigenvalue weighted by atomic mass is 16.6. The van der Waals surface area contributed by atoms with Gasteiger partial charge in [-0.1, -0.05) is 0 Å². The Balaban J connectivity index is 1.76. The van der Waals surface area contributed by atoms with Crippen LogP contribution in [0.15, 0.2) is 42.5 Å². The summed E-state index contributed by atoms with van der Waals surface area (Å²) in [5.74, 6) is -0.155. The molecule has 3 rings (SSSR count). The van der Waals surface area contributed by atoms with Gasteiger partial charge >= 0.3 is 0 Å². The zero-order chi connectivity index (χ0) is 17.3. The number of nitrogens with zero attached hydrogens (tertiary/aromatic N) is 1. The highest BCUT2D eigenvalue weighted by Crippen LogP contribution is 2.32. The number of anilines is 2. The van der Waals surface area contributed by atoms with Crippen molar-refractivity contribution in [3.05, 3.63) is 58.1 Å². The average Bonchev–Trinajstić information content (AvgIpc) is 2.56. The molecule has 1 aliphatic heterocycles. The molecule has 0 saturated carbocycles. The monoisotopic (exact) mass is 327 g/mol. The normalized spacial score (nSPS) is 15.7. The van der Waals surface area contributed by atoms with Gasteiger partial charge in [0, 0.05) is 23.4 Å². The molecule has 0 spiro atoms. The van der Waals surface area contributed by atoms with E-state index in [4.69, 9.17) is 4.74 Å². The van der Waals surface area contributed by atoms with Gasteiger partial charge in [0.05, 0.1) is 10.6 Å². The van der Waals surface area contributed by atoms with Gasteiger partial charge in [0.1, 0.15) is 5.75 Å². The predicted molar refractivity (Wildman–Crippen MR) is 86.2 cm³/mol. The van der Waals surface area contributed by atoms with E-state index >= 15 is 0 Å². The van der Waals surface area contributed by atoms with E-state index in [0.717, 1.165) is 0 Å². The minimum Gasteiger partial charge on any atom is -0.479 e. The molecule has 1 aliphatic rings. The van der Waals surface area contributed by atoms with Crippen LogP contribution < -0.4 is 15.4 Å². The number of amides is 2. The van der Waals surface area contributed by atoms with Gasteiger partial charge in [-0.05, 0) is 37.3 Å². The van der Waals surface area contributed by atoms with Crippen LogP contribution in [0.5, 0.6) is 5.75 Å². The summed E-state index contributed by atoms with van der Waals surface area (Å²) in [6, 6.07) is 10.1. The molecule has 8 heteroatoms. The second-order valence-electron chi connectivity index (χ2n) is 5.22. The zero-order valence-electron chi connectivity index (χ0n) is 12.6. The fraction of sp³-hybridized carbons (Fsp3) is 0.125. The first-order valence-electron chi connectivity index (χ1n) is 7.11. The third-order valence-corrected chi connectivity index (χ3v) is 3.51. The van der Waals surface area contributed by atoms with E-state index in [1.54, 1.807) is 25.1 Å². The number of non-ortho nitro benzene ring substituents is 1. The van der Waals surface area contributed by atoms with Crippen LogP contribution in [0.2, 0.25) is 0 Å². The number of nitro benzene ring substituents is 1. The third-order valence-electron chi connectivity index (χ3n) is 3.51. The number of benzene rings is 2. The molecule has 0 radical (unpaired) electrons. The average molecular weight is 327 g/mol. The summed E-state index contributed by atoms with van der Waals surface area (Å²) in [5, 5.41) is 16.0. The minimum atomic E-state index is -0.571. The quantitative estimate of drug-likeness (QED) is 0.665. The Morgan fingerprint density at radius 2 is 1.96 bits per heavy atom. The van der Waals surface area contributed by atoms with Crippen LogP contribution in [0.4, 0.5) is 17.1 Å². The Hall–Kier alpha value is -3.42. The third kappa shape index (κ3) is 3.02. The number of hydrogen-bond donors (Lipinski definition) is 2. The molecule has 0 aliphatic carbocycles. The summed E-state index contributed by atoms with van der Waals surface area (Å²) >= 11 is 0. The Bertz CT molecular complexity index is 832. The summed E-state index contributed by atoms with van der Waals surface area (Å²) in [7, 11) is 0. The number of nitro groups is 1. The maximum atomic E-state index is 12.2. The number of nitrogens with one attached hydrogen (secondary N) is 2. The van der Waals surface area contributed by atoms with Crippen LogP contribution in [-0.2, 0) is 4.79 Å². The molecule has 0 fully saturated rings. The number of hydrogen-bond acceptors (Lipinski definition) is 5. The Morgan fingerprint density at radius 1 is 1.25 bits per heavy atom. The standard InChI is InChI=1S/C16H13N3O5/c1-9-15(20)18-13-8-11(4-7-14(13)24-9)17-16(21)10-2-5-12(6-3-10)19(22)23/h2-9H,1H3,(H,17,21)(H,18,20). The maximum absolute atomic E-state index is 12.2. The van der Waals surface area contributed by atoms with E-state index in [2.05, 4.69) is 10.6 Å². The Labute approximate surface area is 136 Å². The SMILES string of the molecule is CC1Oc2ccc(NC(=O)c3ccc([N+](=O)[O-])cc3)cc2NC1=O. The van der Waals surface area contributed by atoms with Crippen LogP contribution in [0.1, 0.15) is 17.3 Å². The molecule has 8 nitrogen and oxygen atoms in total. The van der Waals surface area contributed by atoms with Crippen molar-refractivity contribution >= 4 is 28.9 Å². The van der Waals surface area contributed by atoms with E-state index in [9.17, 15) is 19.7 Å². The molecular weight excluding hydrogens is 314 g/mol. The first-order valence-corrected chi connectivity index (χ1v) is 7.11. The zero-order valence-corrected chi connectivity index (χ0v) is 12.6. The molecule has 0 aromatic heterocycles. The van der Waals surface area contributed by atoms with Gasteiger partial charge in [0.2, 0.25) is 0 Å². The highest BCUT2D eigenvalue weighted by Gasteiger charge is 2.23. The summed E-state index contributed by atoms with van der Waals surface area (Å²) in [6.45, 7) is 1.64. The van der Waals surface area contributed by atoms with Gasteiger partial charge in [-0.15, -0.1) is 0 Å². The van der Waals surface area contributed by atoms with Gasteiger partial charge in [0.25, 0.3) is 17.5 Å². The van der Waals surface area contributed by atoms with Crippen LogP contribution in [0.3, 0.4) is 0 Å². The lowest BCUT2D eigenvalue weighted by atomic mass is 10.1. The number of carbonyl (C=O) groups is 2. The van der Waals surface area contributed by atoms with Crippen LogP contribution in [0, 0.1) is 10.1 Å². The van der Waals surface area contributed by atoms with E-state index in [1.807, 2.05) is 0 Å². The molecule has 0 bridgehead atoms. The fourth-order valence-corrected chi connectivity index (χ4v) is 2.22. The predicted octanol–water partition coefficient (Wildman–Crippen LogP) is 2.57. The summed E-state index contributed by atoms with van der Waals surface area (Å²) in [5.41, 5.74) is 1.14. The molecule has 2 aromatic rings. The molecule has 24 heavy (non-hydrogen) atoms. The van der Waals surface area contributed by atoms with Crippen molar-refractivity contribution in [3.63, 3.8) is 0 Å². The molecule has 2 amide bonds. The lowest BCUT2D eigenvalue weighted by molar-refractivity contribution is -0.384. The molecule has 2 N–H and O–H groups in total. The van der Waals surface area contributed by atoms with Crippen molar-refractivity contribution in [2.75, 3.05) is 10.6 Å². The Kier molecular flexibility index (Phi) is 3.87. The lowest BCUT2D eigenvalue weighted by Crippen LogP contribution is -2.34. The molecule has 1 atom stereocenters. The number of ether oxygens (including phenoxy) is 1. The second kappa shape index (κ2) is 5.99. The van der Waals surface area contributed by atoms with E-state index in [1.165, 1.54) is 24.3 Å². The van der Waals surface area contributed by atoms with Crippen molar-refractivity contribution < 1.29 is 19.2 Å². The van der Waals surface area contributed by atoms with Crippen LogP contribution in [0.25, 0.3) is 0 Å². The van der Waals surface area contributed by atoms with Crippen molar-refractivity contribution in [2.24, 2.45) is 0 Å². The minimum absolute atomic E-state index is 0.0886. The number of carbonyl (C=O) groups excluding carboxylic acids is 2. The summed E-state index contributed by atoms with van der Waals surface area (Å²) in [6.07, 6.45) is -0.571. The molecule has 1 unspecified atom stereocenters. The topological polar surface area (TPSA) is 111 Å². The van der Waals surface area contributed by atoms with Gasteiger partial charge < -0.3 is 15.4 Å². The van der Waals surface area contributed by atoms with Gasteiger partial charge in [-0.25, -0.2) is 0 Å². The number of fused-ring (bicyclic) bond motifs is 1. The smallest absolute Gasteiger partial charge is 0.269 e. The number of rotatable bonds is 3. The molecule has 122 valence electrons. The molecule has 0 saturated heterocycles. The highest BCUT2D eigenvalue weighted by molar-refractivity contribution is 6.05. The molecule has 1 heterocycles. The fourth-order valence-electron chi connectivity index (χ4n) is 2.22. The van der Waals surface area contributed by atoms with Crippen molar-refractivity contribution in [2.45, 2.75) is 13.0 Å². The van der Waals surface area contributed by atoms with Crippen LogP contribution in [-0.4, -0.2) is 22.8 Å². The summed E-state index contributed by atoms with van der Waals surface area (Å²) in [4.78, 5) is 33.9. The second-order valence-corrected chi connectivity index (χ2v) is 5.22. The van der Waals surface area contributed by atoms with E-state index < -0.39 is 16.9 Å². The van der Waals surface area contributed by atoms with Crippen LogP contribution >= 0.6 is 0 Å². The molecular formula is C16H13N3O5. The largest absolute Gasteiger partial charge is 0.479 e. The van der Waals surface area contributed by atoms with E-state index in [0.29, 0.717) is 17.1 Å². The Morgan fingerprint density at radius 3 is 2.62 bits per heavy atom.